The number of carbonyl (C=O) groups excluding carboxylic acids is 1. The molecule has 1 aromatic carbocycles. The number of fused-ring (bicyclic) bond motifs is 1. The average molecular weight is 524 g/mol. The predicted molar refractivity (Wildman–Crippen MR) is 146 cm³/mol. The Balaban J connectivity index is 1.07. The fourth-order valence-corrected chi connectivity index (χ4v) is 5.78. The zero-order valence-corrected chi connectivity index (χ0v) is 22.2. The van der Waals surface area contributed by atoms with E-state index in [0.29, 0.717) is 37.2 Å². The van der Waals surface area contributed by atoms with Crippen molar-refractivity contribution in [2.75, 3.05) is 37.8 Å². The summed E-state index contributed by atoms with van der Waals surface area (Å²) in [6.45, 7) is 6.28. The van der Waals surface area contributed by atoms with Crippen LogP contribution in [0.2, 0.25) is 0 Å². The van der Waals surface area contributed by atoms with Crippen LogP contribution in [0, 0.1) is 11.3 Å². The molecule has 3 aliphatic rings. The number of nitriles is 1. The molecular formula is C31H33N5O3. The lowest BCUT2D eigenvalue weighted by molar-refractivity contribution is 0.0757. The van der Waals surface area contributed by atoms with Crippen molar-refractivity contribution < 1.29 is 14.3 Å². The van der Waals surface area contributed by atoms with Gasteiger partial charge in [0.05, 0.1) is 44.7 Å². The molecule has 39 heavy (non-hydrogen) atoms. The summed E-state index contributed by atoms with van der Waals surface area (Å²) in [5, 5.41) is 12.7. The highest BCUT2D eigenvalue weighted by Crippen LogP contribution is 2.47. The highest BCUT2D eigenvalue weighted by atomic mass is 16.5. The lowest BCUT2D eigenvalue weighted by Gasteiger charge is -2.36. The first-order valence-corrected chi connectivity index (χ1v) is 13.7. The van der Waals surface area contributed by atoms with Crippen LogP contribution in [0.25, 0.3) is 0 Å². The van der Waals surface area contributed by atoms with Crippen molar-refractivity contribution in [3.05, 3.63) is 88.4 Å². The van der Waals surface area contributed by atoms with Crippen molar-refractivity contribution >= 4 is 11.7 Å². The molecule has 8 heteroatoms. The first-order chi connectivity index (χ1) is 19.0. The number of nitrogens with one attached hydrogen (secondary N) is 1. The van der Waals surface area contributed by atoms with Gasteiger partial charge < -0.3 is 19.7 Å². The van der Waals surface area contributed by atoms with E-state index in [1.807, 2.05) is 25.3 Å². The molecule has 1 saturated carbocycles. The number of ether oxygens (including phenoxy) is 2. The van der Waals surface area contributed by atoms with Gasteiger partial charge in [0.1, 0.15) is 11.2 Å². The molecule has 1 amide bonds. The standard InChI is InChI=1S/C31H33N5O3/c1-31(19-32)20-39-18-23-6-5-22(16-27(23)31)30(37)34-17-26-15-21(7-8-33-26)24-13-25(14-24)28-3-2-4-29(35-28)36-9-11-38-12-10-36/h2-8,15-16,24-25H,9-14,17-18,20H2,1H3,(H,34,37)/t24-,25-,31-/m1/s1. The van der Waals surface area contributed by atoms with Gasteiger partial charge in [-0.05, 0) is 78.8 Å². The Kier molecular flexibility index (Phi) is 7.03. The number of amides is 1. The fraction of sp³-hybridized carbons (Fsp3) is 0.419. The number of rotatable bonds is 6. The number of pyridine rings is 2. The molecule has 2 aromatic heterocycles. The van der Waals surface area contributed by atoms with E-state index in [0.717, 1.165) is 61.8 Å². The maximum atomic E-state index is 13.0. The van der Waals surface area contributed by atoms with E-state index < -0.39 is 5.41 Å². The second-order valence-electron chi connectivity index (χ2n) is 11.0. The predicted octanol–water partition coefficient (Wildman–Crippen LogP) is 4.22. The first kappa shape index (κ1) is 25.5. The van der Waals surface area contributed by atoms with Crippen LogP contribution < -0.4 is 10.2 Å². The van der Waals surface area contributed by atoms with Gasteiger partial charge in [-0.2, -0.15) is 5.26 Å². The molecular weight excluding hydrogens is 490 g/mol. The van der Waals surface area contributed by atoms with Gasteiger partial charge in [-0.3, -0.25) is 9.78 Å². The molecule has 1 N–H and O–H groups in total. The number of carbonyl (C=O) groups is 1. The molecule has 0 spiro atoms. The molecule has 3 aromatic rings. The van der Waals surface area contributed by atoms with Crippen LogP contribution >= 0.6 is 0 Å². The third-order valence-corrected chi connectivity index (χ3v) is 8.25. The Morgan fingerprint density at radius 1 is 1.13 bits per heavy atom. The lowest BCUT2D eigenvalue weighted by Crippen LogP contribution is -2.37. The molecule has 0 unspecified atom stereocenters. The number of nitrogens with zero attached hydrogens (tertiary/aromatic N) is 4. The summed E-state index contributed by atoms with van der Waals surface area (Å²) in [6.07, 6.45) is 3.95. The second-order valence-corrected chi connectivity index (χ2v) is 11.0. The van der Waals surface area contributed by atoms with Crippen LogP contribution in [-0.2, 0) is 28.0 Å². The molecule has 0 bridgehead atoms. The van der Waals surface area contributed by atoms with Gasteiger partial charge >= 0.3 is 0 Å². The molecule has 4 heterocycles. The van der Waals surface area contributed by atoms with E-state index in [2.05, 4.69) is 51.6 Å². The van der Waals surface area contributed by atoms with Gasteiger partial charge in [-0.25, -0.2) is 4.98 Å². The van der Waals surface area contributed by atoms with Crippen LogP contribution in [-0.4, -0.2) is 48.8 Å². The minimum Gasteiger partial charge on any atom is -0.378 e. The van der Waals surface area contributed by atoms with Crippen LogP contribution in [0.15, 0.2) is 54.7 Å². The molecule has 1 saturated heterocycles. The molecule has 0 radical (unpaired) electrons. The van der Waals surface area contributed by atoms with Gasteiger partial charge in [0, 0.05) is 36.5 Å². The molecule has 2 fully saturated rings. The summed E-state index contributed by atoms with van der Waals surface area (Å²) in [6, 6.07) is 18.4. The molecule has 8 nitrogen and oxygen atoms in total. The number of aromatic nitrogens is 2. The Hall–Kier alpha value is -3.80. The van der Waals surface area contributed by atoms with Crippen LogP contribution in [0.4, 0.5) is 5.82 Å². The summed E-state index contributed by atoms with van der Waals surface area (Å²) < 4.78 is 11.0. The molecule has 1 atom stereocenters. The maximum absolute atomic E-state index is 13.0. The van der Waals surface area contributed by atoms with Gasteiger partial charge in [0.25, 0.3) is 5.91 Å². The van der Waals surface area contributed by atoms with Gasteiger partial charge in [0.2, 0.25) is 0 Å². The smallest absolute Gasteiger partial charge is 0.251 e. The summed E-state index contributed by atoms with van der Waals surface area (Å²) in [5.74, 6) is 1.80. The molecule has 1 aliphatic carbocycles. The van der Waals surface area contributed by atoms with Crippen molar-refractivity contribution in [3.63, 3.8) is 0 Å². The summed E-state index contributed by atoms with van der Waals surface area (Å²) in [5.41, 5.74) is 4.88. The number of benzene rings is 1. The second kappa shape index (κ2) is 10.8. The van der Waals surface area contributed by atoms with E-state index in [1.54, 1.807) is 6.07 Å². The average Bonchev–Trinajstić information content (AvgIpc) is 2.96. The Bertz CT molecular complexity index is 1410. The first-order valence-electron chi connectivity index (χ1n) is 13.7. The van der Waals surface area contributed by atoms with Gasteiger partial charge in [-0.15, -0.1) is 0 Å². The van der Waals surface area contributed by atoms with Crippen molar-refractivity contribution in [1.82, 2.24) is 15.3 Å². The third-order valence-electron chi connectivity index (χ3n) is 8.25. The fourth-order valence-electron chi connectivity index (χ4n) is 5.78. The molecule has 6 rings (SSSR count). The minimum atomic E-state index is -0.750. The quantitative estimate of drug-likeness (QED) is 0.516. The maximum Gasteiger partial charge on any atom is 0.251 e. The number of anilines is 1. The zero-order valence-electron chi connectivity index (χ0n) is 22.2. The zero-order chi connectivity index (χ0) is 26.8. The highest BCUT2D eigenvalue weighted by molar-refractivity contribution is 5.94. The SMILES string of the molecule is C[C@@]1(C#N)COCc2ccc(C(=O)NCc3cc([C@H]4C[C@H](c5cccc(N6CCOCC6)n5)C4)ccn3)cc21. The van der Waals surface area contributed by atoms with Gasteiger partial charge in [0.15, 0.2) is 0 Å². The molecule has 200 valence electrons. The number of hydrogen-bond acceptors (Lipinski definition) is 7. The Labute approximate surface area is 229 Å². The van der Waals surface area contributed by atoms with Crippen molar-refractivity contribution in [3.8, 4) is 6.07 Å². The van der Waals surface area contributed by atoms with Crippen molar-refractivity contribution in [1.29, 1.82) is 5.26 Å². The van der Waals surface area contributed by atoms with Crippen molar-refractivity contribution in [2.24, 2.45) is 0 Å². The number of morpholine rings is 1. The summed E-state index contributed by atoms with van der Waals surface area (Å²) in [4.78, 5) is 24.7. The third kappa shape index (κ3) is 5.25. The Morgan fingerprint density at radius 2 is 1.97 bits per heavy atom. The summed E-state index contributed by atoms with van der Waals surface area (Å²) >= 11 is 0. The van der Waals surface area contributed by atoms with Crippen LogP contribution in [0.1, 0.15) is 70.0 Å². The monoisotopic (exact) mass is 523 g/mol. The normalized spacial score (nSPS) is 24.3. The van der Waals surface area contributed by atoms with E-state index in [9.17, 15) is 10.1 Å². The molecule has 2 aliphatic heterocycles. The van der Waals surface area contributed by atoms with Crippen LogP contribution in [0.3, 0.4) is 0 Å². The van der Waals surface area contributed by atoms with E-state index in [4.69, 9.17) is 14.5 Å². The minimum absolute atomic E-state index is 0.174. The van der Waals surface area contributed by atoms with E-state index in [1.165, 1.54) is 11.3 Å². The topological polar surface area (TPSA) is 100 Å². The number of hydrogen-bond donors (Lipinski definition) is 1. The van der Waals surface area contributed by atoms with Crippen LogP contribution in [0.5, 0.6) is 0 Å². The summed E-state index contributed by atoms with van der Waals surface area (Å²) in [7, 11) is 0. The lowest BCUT2D eigenvalue weighted by atomic mass is 9.70. The largest absolute Gasteiger partial charge is 0.378 e. The van der Waals surface area contributed by atoms with Gasteiger partial charge in [-0.1, -0.05) is 12.1 Å². The van der Waals surface area contributed by atoms with Crippen molar-refractivity contribution in [2.45, 2.75) is 50.2 Å². The Morgan fingerprint density at radius 3 is 2.79 bits per heavy atom. The van der Waals surface area contributed by atoms with E-state index >= 15 is 0 Å². The van der Waals surface area contributed by atoms with E-state index in [-0.39, 0.29) is 5.91 Å². The highest BCUT2D eigenvalue weighted by Gasteiger charge is 2.34.